The molecule has 20 heavy (non-hydrogen) atoms. The first-order chi connectivity index (χ1) is 6.93. The number of hydrogen-bond donors (Lipinski definition) is 0. The summed E-state index contributed by atoms with van der Waals surface area (Å²) in [5.41, 5.74) is 0. The Hall–Kier alpha value is 2.48. The van der Waals surface area contributed by atoms with Crippen LogP contribution in [-0.4, -0.2) is 81.4 Å². The largest absolute Gasteiger partial charge is 3.00 e. The van der Waals surface area contributed by atoms with Gasteiger partial charge in [-0.2, -0.15) is 0 Å². The molecule has 0 amide bonds. The molecular weight excluding hydrogens is 405 g/mol. The maximum atomic E-state index is 8.42. The Bertz CT molecular complexity index is 73.7. The van der Waals surface area contributed by atoms with E-state index in [-0.39, 0.29) is 84.8 Å². The molecule has 0 heterocycles. The van der Waals surface area contributed by atoms with Gasteiger partial charge < -0.3 is 60.3 Å². The third-order valence-electron chi connectivity index (χ3n) is 0. The van der Waals surface area contributed by atoms with Gasteiger partial charge in [-0.25, -0.2) is 0 Å². The van der Waals surface area contributed by atoms with Crippen LogP contribution in [0.5, 0.6) is 0 Å². The Morgan fingerprint density at radius 2 is 0.300 bits per heavy atom. The van der Waals surface area contributed by atoms with E-state index in [9.17, 15) is 0 Å². The van der Waals surface area contributed by atoms with Crippen LogP contribution in [0.4, 0.5) is 0 Å². The fourth-order valence-corrected chi connectivity index (χ4v) is 0. The molecule has 0 aliphatic heterocycles. The summed E-state index contributed by atoms with van der Waals surface area (Å²) in [4.78, 5) is 0. The second kappa shape index (κ2) is 43.0. The summed E-state index contributed by atoms with van der Waals surface area (Å²) < 4.78 is 0. The maximum Gasteiger partial charge on any atom is 3.00 e. The van der Waals surface area contributed by atoms with Crippen LogP contribution in [0, 0.1) is 0 Å². The summed E-state index contributed by atoms with van der Waals surface area (Å²) in [6.45, 7) is 0. The molecule has 12 nitrogen and oxygen atoms in total. The summed E-state index contributed by atoms with van der Waals surface area (Å²) in [6.07, 6.45) is 0. The molecule has 0 unspecified atom stereocenters. The average molecular weight is 405 g/mol. The van der Waals surface area contributed by atoms with Crippen molar-refractivity contribution < 1.29 is 93.0 Å². The van der Waals surface area contributed by atoms with Crippen molar-refractivity contribution >= 4 is 81.4 Å². The van der Waals surface area contributed by atoms with Crippen LogP contribution in [0.15, 0.2) is 0 Å². The first-order valence-corrected chi connectivity index (χ1v) is 2.83. The minimum absolute atomic E-state index is 0. The molecule has 0 N–H and O–H groups in total. The Morgan fingerprint density at radius 1 is 0.300 bits per heavy atom. The van der Waals surface area contributed by atoms with Crippen LogP contribution in [0.2, 0.25) is 0 Å². The third kappa shape index (κ3) is 1260. The van der Waals surface area contributed by atoms with Crippen molar-refractivity contribution in [2.75, 3.05) is 0 Å². The monoisotopic (exact) mass is 406 g/mol. The molecule has 0 rings (SSSR count). The van der Waals surface area contributed by atoms with Crippen molar-refractivity contribution in [3.05, 3.63) is 0 Å². The van der Waals surface area contributed by atoms with Crippen molar-refractivity contribution in [2.24, 2.45) is 0 Å². The van der Waals surface area contributed by atoms with Gasteiger partial charge in [0.25, 0.3) is 0 Å². The topological polar surface area (TPSA) is 277 Å². The smallest absolute Gasteiger partial charge is 0.907 e. The first-order valence-electron chi connectivity index (χ1n) is 2.83. The maximum absolute atomic E-state index is 8.42. The van der Waals surface area contributed by atoms with Gasteiger partial charge in [0, 0.05) is 0 Å². The van der Waals surface area contributed by atoms with E-state index in [0.717, 1.165) is 0 Å². The average Bonchev–Trinajstić information content (AvgIpc) is 1.76. The van der Waals surface area contributed by atoms with E-state index in [1.54, 1.807) is 0 Å². The van der Waals surface area contributed by atoms with E-state index < -0.39 is 29.3 Å². The van der Waals surface area contributed by atoms with Gasteiger partial charge in [-0.3, -0.25) is 29.3 Å². The molecule has 0 aliphatic carbocycles. The molecule has 0 saturated carbocycles. The minimum Gasteiger partial charge on any atom is -0.907 e. The van der Waals surface area contributed by atoms with Gasteiger partial charge in [-0.1, -0.05) is 0 Å². The molecule has 0 saturated heterocycles. The zero-order valence-corrected chi connectivity index (χ0v) is 15.8. The van der Waals surface area contributed by atoms with Crippen LogP contribution in [0.3, 0.4) is 0 Å². The molecule has 96 valence electrons. The predicted octanol–water partition coefficient (Wildman–Crippen LogP) is -16.9. The minimum atomic E-state index is -2.92. The SMILES string of the molecule is [Al+3].[Al+3].[Al+3].[O-]B([O-])[O-].[O-]B([O-])[O-].[O-]B([O-])[O-].[O-]B([O-])[O-].[Y+3]. The van der Waals surface area contributed by atoms with E-state index in [0.29, 0.717) is 0 Å². The van der Waals surface area contributed by atoms with E-state index in [2.05, 4.69) is 0 Å². The Labute approximate surface area is 173 Å². The zero-order chi connectivity index (χ0) is 14.3. The van der Waals surface area contributed by atoms with Gasteiger partial charge in [0.2, 0.25) is 0 Å². The first kappa shape index (κ1) is 49.5. The van der Waals surface area contributed by atoms with E-state index in [1.807, 2.05) is 0 Å². The Morgan fingerprint density at radius 3 is 0.300 bits per heavy atom. The standard InChI is InChI=1S/3Al.4BO3.Y/c;;;4*2-1(3)4;/q3*+3;4*-3;+3. The summed E-state index contributed by atoms with van der Waals surface area (Å²) in [7, 11) is -11.7. The molecular formula is Al3B4O12Y. The van der Waals surface area contributed by atoms with Crippen molar-refractivity contribution in [3.63, 3.8) is 0 Å². The van der Waals surface area contributed by atoms with E-state index in [1.165, 1.54) is 0 Å². The fourth-order valence-electron chi connectivity index (χ4n) is 0. The molecule has 0 bridgehead atoms. The molecule has 0 aromatic carbocycles. The normalized spacial score (nSPS) is 5.40. The van der Waals surface area contributed by atoms with Crippen LogP contribution < -0.4 is 60.3 Å². The number of hydrogen-bond acceptors (Lipinski definition) is 12. The molecule has 0 aromatic rings. The summed E-state index contributed by atoms with van der Waals surface area (Å²) >= 11 is 0. The van der Waals surface area contributed by atoms with E-state index >= 15 is 0 Å². The second-order valence-corrected chi connectivity index (χ2v) is 1.15. The van der Waals surface area contributed by atoms with Gasteiger partial charge in [-0.05, 0) is 0 Å². The summed E-state index contributed by atoms with van der Waals surface area (Å²) in [6, 6.07) is 0. The number of rotatable bonds is 0. The Balaban J connectivity index is -0.0000000150. The van der Waals surface area contributed by atoms with Crippen LogP contribution in [0.25, 0.3) is 0 Å². The molecule has 0 spiro atoms. The summed E-state index contributed by atoms with van der Waals surface area (Å²) in [5, 5.41) is 101. The fraction of sp³-hybridized carbons (Fsp3) is 0. The second-order valence-electron chi connectivity index (χ2n) is 1.15. The van der Waals surface area contributed by atoms with E-state index in [4.69, 9.17) is 60.3 Å². The Kier molecular flexibility index (Phi) is 106. The van der Waals surface area contributed by atoms with Gasteiger partial charge in [0.15, 0.2) is 0 Å². The van der Waals surface area contributed by atoms with Gasteiger partial charge in [-0.15, -0.1) is 0 Å². The zero-order valence-electron chi connectivity index (χ0n) is 9.52. The van der Waals surface area contributed by atoms with Crippen molar-refractivity contribution in [2.45, 2.75) is 0 Å². The van der Waals surface area contributed by atoms with Crippen LogP contribution >= 0.6 is 0 Å². The molecule has 20 heteroatoms. The molecule has 0 aromatic heterocycles. The van der Waals surface area contributed by atoms with Crippen molar-refractivity contribution in [1.82, 2.24) is 0 Å². The summed E-state index contributed by atoms with van der Waals surface area (Å²) in [5.74, 6) is 0. The molecule has 0 atom stereocenters. The quantitative estimate of drug-likeness (QED) is 0.339. The molecule has 0 radical (unpaired) electrons. The van der Waals surface area contributed by atoms with Gasteiger partial charge in [0.05, 0.1) is 0 Å². The van der Waals surface area contributed by atoms with Crippen molar-refractivity contribution in [3.8, 4) is 0 Å². The predicted molar refractivity (Wildman–Crippen MR) is 40.3 cm³/mol. The van der Waals surface area contributed by atoms with Crippen molar-refractivity contribution in [1.29, 1.82) is 0 Å². The van der Waals surface area contributed by atoms with Crippen LogP contribution in [-0.2, 0) is 32.7 Å². The third-order valence-corrected chi connectivity index (χ3v) is 0. The van der Waals surface area contributed by atoms with Gasteiger partial charge in [0.1, 0.15) is 0 Å². The molecule has 0 aliphatic rings. The molecule has 0 fully saturated rings. The van der Waals surface area contributed by atoms with Crippen LogP contribution in [0.1, 0.15) is 0 Å². The van der Waals surface area contributed by atoms with Gasteiger partial charge >= 0.3 is 84.8 Å².